The second-order valence-electron chi connectivity index (χ2n) is 7.33. The maximum atomic E-state index is 6.44. The van der Waals surface area contributed by atoms with Gasteiger partial charge in [0.1, 0.15) is 11.5 Å². The Morgan fingerprint density at radius 3 is 2.71 bits per heavy atom. The lowest BCUT2D eigenvalue weighted by Gasteiger charge is -2.24. The lowest BCUT2D eigenvalue weighted by Crippen LogP contribution is -2.45. The van der Waals surface area contributed by atoms with Crippen molar-refractivity contribution in [2.24, 2.45) is 0 Å². The van der Waals surface area contributed by atoms with Crippen LogP contribution in [0.4, 0.5) is 0 Å². The summed E-state index contributed by atoms with van der Waals surface area (Å²) >= 11 is 0. The molecule has 4 heteroatoms. The van der Waals surface area contributed by atoms with Crippen molar-refractivity contribution in [3.8, 4) is 11.5 Å². The molecule has 0 bridgehead atoms. The van der Waals surface area contributed by atoms with Crippen LogP contribution in [0.1, 0.15) is 12.0 Å². The van der Waals surface area contributed by atoms with E-state index in [0.717, 1.165) is 48.3 Å². The third kappa shape index (κ3) is 3.37. The molecule has 1 atom stereocenters. The fourth-order valence-corrected chi connectivity index (χ4v) is 4.03. The van der Waals surface area contributed by atoms with Crippen LogP contribution in [-0.2, 0) is 6.42 Å². The van der Waals surface area contributed by atoms with Crippen LogP contribution in [0, 0.1) is 6.54 Å². The monoisotopic (exact) mass is 370 g/mol. The molecule has 1 radical (unpaired) electrons. The molecule has 1 fully saturated rings. The maximum Gasteiger partial charge on any atom is 0.137 e. The van der Waals surface area contributed by atoms with Gasteiger partial charge in [0.15, 0.2) is 0 Å². The van der Waals surface area contributed by atoms with Gasteiger partial charge in [0.05, 0.1) is 0 Å². The summed E-state index contributed by atoms with van der Waals surface area (Å²) < 4.78 is 6.44. The van der Waals surface area contributed by atoms with E-state index < -0.39 is 0 Å². The van der Waals surface area contributed by atoms with E-state index in [1.165, 1.54) is 16.3 Å². The Morgan fingerprint density at radius 1 is 0.929 bits per heavy atom. The van der Waals surface area contributed by atoms with Crippen LogP contribution in [0.15, 0.2) is 66.9 Å². The van der Waals surface area contributed by atoms with Gasteiger partial charge in [0, 0.05) is 48.2 Å². The van der Waals surface area contributed by atoms with E-state index >= 15 is 0 Å². The third-order valence-electron chi connectivity index (χ3n) is 5.50. The zero-order valence-corrected chi connectivity index (χ0v) is 15.7. The number of hydrogen-bond acceptors (Lipinski definition) is 3. The molecule has 0 saturated carbocycles. The maximum absolute atomic E-state index is 6.44. The normalized spacial score (nSPS) is 17.2. The molecule has 28 heavy (non-hydrogen) atoms. The predicted molar refractivity (Wildman–Crippen MR) is 115 cm³/mol. The van der Waals surface area contributed by atoms with Crippen LogP contribution in [0.25, 0.3) is 21.7 Å². The van der Waals surface area contributed by atoms with Crippen molar-refractivity contribution in [3.05, 3.63) is 79.0 Å². The van der Waals surface area contributed by atoms with Gasteiger partial charge in [-0.05, 0) is 42.0 Å². The topological polar surface area (TPSA) is 49.1 Å². The van der Waals surface area contributed by atoms with Crippen LogP contribution in [0.5, 0.6) is 11.5 Å². The lowest BCUT2D eigenvalue weighted by molar-refractivity contribution is 0.431. The number of ether oxygens (including phenoxy) is 1. The Morgan fingerprint density at radius 2 is 1.79 bits per heavy atom. The molecule has 5 rings (SSSR count). The molecule has 1 unspecified atom stereocenters. The number of piperazine rings is 1. The summed E-state index contributed by atoms with van der Waals surface area (Å²) in [5.41, 5.74) is 2.43. The fourth-order valence-electron chi connectivity index (χ4n) is 4.03. The number of aromatic amines is 1. The van der Waals surface area contributed by atoms with Crippen molar-refractivity contribution in [2.75, 3.05) is 13.1 Å². The zero-order valence-electron chi connectivity index (χ0n) is 15.7. The number of aryl methyl sites for hydroxylation is 1. The van der Waals surface area contributed by atoms with Crippen LogP contribution < -0.4 is 15.4 Å². The van der Waals surface area contributed by atoms with Crippen LogP contribution in [-0.4, -0.2) is 24.1 Å². The largest absolute Gasteiger partial charge is 0.456 e. The molecule has 141 valence electrons. The predicted octanol–water partition coefficient (Wildman–Crippen LogP) is 4.77. The molecular formula is C24H24N3O. The third-order valence-corrected chi connectivity index (χ3v) is 5.50. The van der Waals surface area contributed by atoms with E-state index in [1.54, 1.807) is 0 Å². The summed E-state index contributed by atoms with van der Waals surface area (Å²) in [4.78, 5) is 3.42. The van der Waals surface area contributed by atoms with E-state index in [-0.39, 0.29) is 0 Å². The minimum atomic E-state index is 0.501. The molecule has 1 aromatic heterocycles. The van der Waals surface area contributed by atoms with Gasteiger partial charge in [0.25, 0.3) is 0 Å². The summed E-state index contributed by atoms with van der Waals surface area (Å²) in [5, 5.41) is 10.4. The molecule has 1 aliphatic rings. The first-order chi connectivity index (χ1) is 13.9. The molecule has 4 aromatic rings. The van der Waals surface area contributed by atoms with Crippen molar-refractivity contribution in [3.63, 3.8) is 0 Å². The van der Waals surface area contributed by atoms with Gasteiger partial charge in [-0.2, -0.15) is 0 Å². The minimum absolute atomic E-state index is 0.501. The molecule has 4 nitrogen and oxygen atoms in total. The molecule has 0 spiro atoms. The van der Waals surface area contributed by atoms with Gasteiger partial charge >= 0.3 is 0 Å². The SMILES string of the molecule is [CH]1CNC(CCc2c[nH]c3cccc(Oc4cccc5ccccc45)c23)CN1. The molecule has 2 heterocycles. The van der Waals surface area contributed by atoms with Gasteiger partial charge in [0.2, 0.25) is 0 Å². The standard InChI is InChI=1S/C24H24N3O/c1-2-7-20-17(5-1)6-3-9-22(20)28-23-10-4-8-21-24(23)18(15-27-21)11-12-19-16-25-13-14-26-19/h1-10,13,15,19,25-27H,11-12,14,16H2. The average Bonchev–Trinajstić information content (AvgIpc) is 3.17. The number of aromatic nitrogens is 1. The number of rotatable bonds is 5. The number of fused-ring (bicyclic) bond motifs is 2. The van der Waals surface area contributed by atoms with Gasteiger partial charge in [-0.25, -0.2) is 0 Å². The highest BCUT2D eigenvalue weighted by molar-refractivity contribution is 5.92. The second-order valence-corrected chi connectivity index (χ2v) is 7.33. The fraction of sp³-hybridized carbons (Fsp3) is 0.208. The number of benzene rings is 3. The molecule has 0 amide bonds. The van der Waals surface area contributed by atoms with Gasteiger partial charge in [-0.1, -0.05) is 42.5 Å². The van der Waals surface area contributed by atoms with E-state index in [1.807, 2.05) is 12.1 Å². The first kappa shape index (κ1) is 17.3. The first-order valence-corrected chi connectivity index (χ1v) is 9.91. The van der Waals surface area contributed by atoms with Gasteiger partial charge < -0.3 is 20.4 Å². The Hall–Kier alpha value is -2.82. The average molecular weight is 370 g/mol. The van der Waals surface area contributed by atoms with Crippen molar-refractivity contribution < 1.29 is 4.74 Å². The van der Waals surface area contributed by atoms with Crippen LogP contribution >= 0.6 is 0 Å². The molecule has 0 aliphatic carbocycles. The Balaban J connectivity index is 1.46. The summed E-state index contributed by atoms with van der Waals surface area (Å²) in [6.45, 7) is 3.99. The molecule has 3 N–H and O–H groups in total. The lowest BCUT2D eigenvalue weighted by atomic mass is 10.0. The summed E-state index contributed by atoms with van der Waals surface area (Å²) in [6.07, 6.45) is 4.23. The quantitative estimate of drug-likeness (QED) is 0.474. The van der Waals surface area contributed by atoms with Gasteiger partial charge in [-0.3, -0.25) is 0 Å². The van der Waals surface area contributed by atoms with Crippen LogP contribution in [0.2, 0.25) is 0 Å². The highest BCUT2D eigenvalue weighted by atomic mass is 16.5. The summed E-state index contributed by atoms with van der Waals surface area (Å²) in [6, 6.07) is 21.3. The number of nitrogens with one attached hydrogen (secondary N) is 3. The molecular weight excluding hydrogens is 346 g/mol. The highest BCUT2D eigenvalue weighted by Gasteiger charge is 2.15. The first-order valence-electron chi connectivity index (χ1n) is 9.91. The van der Waals surface area contributed by atoms with Crippen molar-refractivity contribution in [1.82, 2.24) is 15.6 Å². The van der Waals surface area contributed by atoms with E-state index in [4.69, 9.17) is 4.74 Å². The summed E-state index contributed by atoms with van der Waals surface area (Å²) in [5.74, 6) is 1.81. The zero-order chi connectivity index (χ0) is 18.8. The Kier molecular flexibility index (Phi) is 4.73. The van der Waals surface area contributed by atoms with Gasteiger partial charge in [-0.15, -0.1) is 0 Å². The Labute approximate surface area is 164 Å². The number of H-pyrrole nitrogens is 1. The molecule has 3 aromatic carbocycles. The van der Waals surface area contributed by atoms with Crippen molar-refractivity contribution in [1.29, 1.82) is 0 Å². The van der Waals surface area contributed by atoms with Crippen molar-refractivity contribution in [2.45, 2.75) is 18.9 Å². The highest BCUT2D eigenvalue weighted by Crippen LogP contribution is 2.36. The summed E-state index contributed by atoms with van der Waals surface area (Å²) in [7, 11) is 0. The van der Waals surface area contributed by atoms with Crippen LogP contribution in [0.3, 0.4) is 0 Å². The Bertz CT molecular complexity index is 1090. The van der Waals surface area contributed by atoms with Crippen molar-refractivity contribution >= 4 is 21.7 Å². The second kappa shape index (κ2) is 7.66. The number of hydrogen-bond donors (Lipinski definition) is 3. The van der Waals surface area contributed by atoms with E-state index in [0.29, 0.717) is 6.04 Å². The molecule has 1 saturated heterocycles. The minimum Gasteiger partial charge on any atom is -0.456 e. The van der Waals surface area contributed by atoms with E-state index in [9.17, 15) is 0 Å². The smallest absolute Gasteiger partial charge is 0.137 e. The molecule has 1 aliphatic heterocycles. The van der Waals surface area contributed by atoms with E-state index in [2.05, 4.69) is 76.9 Å².